The van der Waals surface area contributed by atoms with Gasteiger partial charge >= 0.3 is 6.09 Å². The van der Waals surface area contributed by atoms with Gasteiger partial charge in [-0.3, -0.25) is 10.1 Å². The van der Waals surface area contributed by atoms with Crippen molar-refractivity contribution in [3.05, 3.63) is 23.8 Å². The normalized spacial score (nSPS) is 10.3. The van der Waals surface area contributed by atoms with Gasteiger partial charge in [0.2, 0.25) is 0 Å². The van der Waals surface area contributed by atoms with Gasteiger partial charge in [0, 0.05) is 19.7 Å². The van der Waals surface area contributed by atoms with Gasteiger partial charge < -0.3 is 9.64 Å². The molecule has 106 valence electrons. The maximum absolute atomic E-state index is 11.9. The highest BCUT2D eigenvalue weighted by atomic mass is 32.1. The van der Waals surface area contributed by atoms with E-state index in [4.69, 9.17) is 4.74 Å². The molecule has 0 atom stereocenters. The summed E-state index contributed by atoms with van der Waals surface area (Å²) in [6, 6.07) is 5.25. The molecule has 1 aromatic carbocycles. The molecule has 0 bridgehead atoms. The number of rotatable bonds is 3. The van der Waals surface area contributed by atoms with Gasteiger partial charge in [-0.25, -0.2) is 9.78 Å². The largest absolute Gasteiger partial charge is 0.450 e. The Kier molecular flexibility index (Phi) is 4.19. The van der Waals surface area contributed by atoms with Crippen LogP contribution < -0.4 is 5.32 Å². The van der Waals surface area contributed by atoms with Gasteiger partial charge in [0.05, 0.1) is 16.8 Å². The minimum absolute atomic E-state index is 0.0693. The molecular formula is C13H15N3O3S. The predicted molar refractivity (Wildman–Crippen MR) is 78.3 cm³/mol. The summed E-state index contributed by atoms with van der Waals surface area (Å²) >= 11 is 1.30. The first-order valence-electron chi connectivity index (χ1n) is 6.07. The monoisotopic (exact) mass is 293 g/mol. The third kappa shape index (κ3) is 3.05. The fraction of sp³-hybridized carbons (Fsp3) is 0.308. The number of hydrogen-bond acceptors (Lipinski definition) is 5. The first kappa shape index (κ1) is 14.3. The Morgan fingerprint density at radius 2 is 2.15 bits per heavy atom. The first-order valence-corrected chi connectivity index (χ1v) is 6.89. The number of aromatic nitrogens is 1. The highest BCUT2D eigenvalue weighted by Crippen LogP contribution is 2.27. The summed E-state index contributed by atoms with van der Waals surface area (Å²) in [6.07, 6.45) is -0.531. The molecule has 0 radical (unpaired) electrons. The van der Waals surface area contributed by atoms with Crippen LogP contribution in [0.5, 0.6) is 0 Å². The van der Waals surface area contributed by atoms with Crippen LogP contribution in [0.3, 0.4) is 0 Å². The number of ether oxygens (including phenoxy) is 1. The molecule has 0 spiro atoms. The molecule has 0 saturated heterocycles. The number of benzene rings is 1. The summed E-state index contributed by atoms with van der Waals surface area (Å²) in [5.41, 5.74) is 1.32. The van der Waals surface area contributed by atoms with E-state index in [0.717, 1.165) is 10.2 Å². The Balaban J connectivity index is 2.26. The third-order valence-electron chi connectivity index (χ3n) is 2.53. The summed E-state index contributed by atoms with van der Waals surface area (Å²) in [5, 5.41) is 3.01. The second kappa shape index (κ2) is 5.87. The zero-order valence-corrected chi connectivity index (χ0v) is 12.3. The standard InChI is InChI=1S/C13H15N3O3S/c1-4-19-13(18)15-12-14-9-6-5-8(7-10(9)20-12)11(17)16(2)3/h5-7H,4H2,1-3H3,(H,14,15,18). The second-order valence-corrected chi connectivity index (χ2v) is 5.28. The van der Waals surface area contributed by atoms with Crippen molar-refractivity contribution >= 4 is 38.7 Å². The Morgan fingerprint density at radius 3 is 2.80 bits per heavy atom. The van der Waals surface area contributed by atoms with Gasteiger partial charge in [0.25, 0.3) is 5.91 Å². The number of fused-ring (bicyclic) bond motifs is 1. The number of thiazole rings is 1. The molecule has 20 heavy (non-hydrogen) atoms. The van der Waals surface area contributed by atoms with Gasteiger partial charge in [-0.15, -0.1) is 0 Å². The van der Waals surface area contributed by atoms with Crippen molar-refractivity contribution in [2.45, 2.75) is 6.92 Å². The lowest BCUT2D eigenvalue weighted by atomic mass is 10.2. The Bertz CT molecular complexity index is 651. The lowest BCUT2D eigenvalue weighted by molar-refractivity contribution is 0.0827. The quantitative estimate of drug-likeness (QED) is 0.944. The molecule has 2 rings (SSSR count). The van der Waals surface area contributed by atoms with Crippen LogP contribution in [0.2, 0.25) is 0 Å². The molecule has 2 amide bonds. The predicted octanol–water partition coefficient (Wildman–Crippen LogP) is 2.57. The van der Waals surface area contributed by atoms with Crippen molar-refractivity contribution in [1.29, 1.82) is 0 Å². The zero-order valence-electron chi connectivity index (χ0n) is 11.5. The van der Waals surface area contributed by atoms with Crippen molar-refractivity contribution < 1.29 is 14.3 Å². The summed E-state index contributed by atoms with van der Waals surface area (Å²) in [7, 11) is 3.40. The van der Waals surface area contributed by atoms with E-state index in [1.807, 2.05) is 0 Å². The number of carbonyl (C=O) groups is 2. The molecule has 6 nitrogen and oxygen atoms in total. The molecule has 0 fully saturated rings. The highest BCUT2D eigenvalue weighted by Gasteiger charge is 2.12. The fourth-order valence-electron chi connectivity index (χ4n) is 1.62. The van der Waals surface area contributed by atoms with Crippen molar-refractivity contribution in [3.8, 4) is 0 Å². The molecule has 1 N–H and O–H groups in total. The molecule has 2 aromatic rings. The number of nitrogens with zero attached hydrogens (tertiary/aromatic N) is 2. The molecule has 1 heterocycles. The van der Waals surface area contributed by atoms with Crippen LogP contribution in [-0.4, -0.2) is 42.6 Å². The molecule has 1 aromatic heterocycles. The molecule has 0 saturated carbocycles. The molecule has 0 unspecified atom stereocenters. The average molecular weight is 293 g/mol. The Hall–Kier alpha value is -2.15. The van der Waals surface area contributed by atoms with Crippen LogP contribution in [0.25, 0.3) is 10.2 Å². The van der Waals surface area contributed by atoms with Crippen LogP contribution in [0.1, 0.15) is 17.3 Å². The van der Waals surface area contributed by atoms with Crippen LogP contribution in [0.4, 0.5) is 9.93 Å². The molecule has 0 aliphatic rings. The minimum atomic E-state index is -0.531. The minimum Gasteiger partial charge on any atom is -0.450 e. The number of hydrogen-bond donors (Lipinski definition) is 1. The van der Waals surface area contributed by atoms with E-state index in [-0.39, 0.29) is 5.91 Å². The van der Waals surface area contributed by atoms with E-state index in [0.29, 0.717) is 17.3 Å². The number of carbonyl (C=O) groups excluding carboxylic acids is 2. The van der Waals surface area contributed by atoms with E-state index in [1.54, 1.807) is 39.2 Å². The third-order valence-corrected chi connectivity index (χ3v) is 3.46. The smallest absolute Gasteiger partial charge is 0.413 e. The van der Waals surface area contributed by atoms with Crippen LogP contribution in [0.15, 0.2) is 18.2 Å². The van der Waals surface area contributed by atoms with Gasteiger partial charge in [0.15, 0.2) is 5.13 Å². The van der Waals surface area contributed by atoms with Crippen molar-refractivity contribution in [1.82, 2.24) is 9.88 Å². The topological polar surface area (TPSA) is 71.5 Å². The van der Waals surface area contributed by atoms with Crippen molar-refractivity contribution in [2.24, 2.45) is 0 Å². The van der Waals surface area contributed by atoms with Crippen molar-refractivity contribution in [2.75, 3.05) is 26.0 Å². The van der Waals surface area contributed by atoms with E-state index >= 15 is 0 Å². The van der Waals surface area contributed by atoms with E-state index in [9.17, 15) is 9.59 Å². The van der Waals surface area contributed by atoms with E-state index in [2.05, 4.69) is 10.3 Å². The molecule has 7 heteroatoms. The first-order chi connectivity index (χ1) is 9.51. The summed E-state index contributed by atoms with van der Waals surface area (Å²) in [4.78, 5) is 29.0. The Morgan fingerprint density at radius 1 is 1.40 bits per heavy atom. The number of nitrogens with one attached hydrogen (secondary N) is 1. The maximum atomic E-state index is 11.9. The van der Waals surface area contributed by atoms with Gasteiger partial charge in [0.1, 0.15) is 0 Å². The number of amides is 2. The average Bonchev–Trinajstić information content (AvgIpc) is 2.78. The molecular weight excluding hydrogens is 278 g/mol. The van der Waals surface area contributed by atoms with E-state index in [1.165, 1.54) is 16.2 Å². The zero-order chi connectivity index (χ0) is 14.7. The van der Waals surface area contributed by atoms with Crippen LogP contribution in [-0.2, 0) is 4.74 Å². The van der Waals surface area contributed by atoms with Crippen molar-refractivity contribution in [3.63, 3.8) is 0 Å². The molecule has 0 aliphatic carbocycles. The second-order valence-electron chi connectivity index (χ2n) is 4.25. The highest BCUT2D eigenvalue weighted by molar-refractivity contribution is 7.22. The lowest BCUT2D eigenvalue weighted by Gasteiger charge is -2.09. The SMILES string of the molecule is CCOC(=O)Nc1nc2ccc(C(=O)N(C)C)cc2s1. The molecule has 0 aliphatic heterocycles. The van der Waals surface area contributed by atoms with Gasteiger partial charge in [-0.2, -0.15) is 0 Å². The fourth-order valence-corrected chi connectivity index (χ4v) is 2.51. The maximum Gasteiger partial charge on any atom is 0.413 e. The summed E-state index contributed by atoms with van der Waals surface area (Å²) < 4.78 is 5.63. The lowest BCUT2D eigenvalue weighted by Crippen LogP contribution is -2.21. The van der Waals surface area contributed by atoms with Gasteiger partial charge in [-0.1, -0.05) is 11.3 Å². The Labute approximate surface area is 120 Å². The summed E-state index contributed by atoms with van der Waals surface area (Å²) in [6.45, 7) is 2.04. The van der Waals surface area contributed by atoms with Crippen LogP contribution in [0, 0.1) is 0 Å². The van der Waals surface area contributed by atoms with E-state index < -0.39 is 6.09 Å². The number of anilines is 1. The summed E-state index contributed by atoms with van der Waals surface area (Å²) in [5.74, 6) is -0.0693. The van der Waals surface area contributed by atoms with Crippen LogP contribution >= 0.6 is 11.3 Å². The van der Waals surface area contributed by atoms with Gasteiger partial charge in [-0.05, 0) is 25.1 Å².